The Bertz CT molecular complexity index is 141. The van der Waals surface area contributed by atoms with Crippen LogP contribution >= 0.6 is 23.9 Å². The van der Waals surface area contributed by atoms with Crippen LogP contribution in [0.2, 0.25) is 0 Å². The van der Waals surface area contributed by atoms with Crippen molar-refractivity contribution in [3.05, 3.63) is 0 Å². The molecule has 0 aromatic carbocycles. The first-order valence-electron chi connectivity index (χ1n) is 6.99. The van der Waals surface area contributed by atoms with Crippen LogP contribution in [0.1, 0.15) is 38.5 Å². The van der Waals surface area contributed by atoms with E-state index >= 15 is 0 Å². The van der Waals surface area contributed by atoms with Crippen molar-refractivity contribution in [3.63, 3.8) is 0 Å². The number of ether oxygens (including phenoxy) is 3. The van der Waals surface area contributed by atoms with Gasteiger partial charge in [-0.1, -0.05) is 0 Å². The van der Waals surface area contributed by atoms with Crippen LogP contribution in [0.5, 0.6) is 0 Å². The number of halogens is 4. The quantitative estimate of drug-likeness (QED) is 0.391. The molecule has 0 atom stereocenters. The summed E-state index contributed by atoms with van der Waals surface area (Å²) in [6.07, 6.45) is 7.67. The summed E-state index contributed by atoms with van der Waals surface area (Å²) in [4.78, 5) is 0. The summed E-state index contributed by atoms with van der Waals surface area (Å²) in [5, 5.41) is 0. The summed E-state index contributed by atoms with van der Waals surface area (Å²) >= 11 is -3.45. The molecule has 3 saturated heterocycles. The summed E-state index contributed by atoms with van der Waals surface area (Å²) in [6, 6.07) is 0. The van der Waals surface area contributed by atoms with E-state index in [0.717, 1.165) is 39.6 Å². The van der Waals surface area contributed by atoms with Gasteiger partial charge < -0.3 is 14.2 Å². The number of rotatable bonds is 0. The molecule has 3 fully saturated rings. The zero-order valence-corrected chi connectivity index (χ0v) is 18.9. The molecule has 0 spiro atoms. The fraction of sp³-hybridized carbons (Fsp3) is 1.00. The Labute approximate surface area is 140 Å². The third-order valence-corrected chi connectivity index (χ3v) is 2.48. The van der Waals surface area contributed by atoms with Gasteiger partial charge in [0.15, 0.2) is 0 Å². The Kier molecular flexibility index (Phi) is 18.1. The molecule has 3 aliphatic heterocycles. The van der Waals surface area contributed by atoms with E-state index in [1.807, 2.05) is 0 Å². The summed E-state index contributed by atoms with van der Waals surface area (Å²) in [7, 11) is 0. The van der Waals surface area contributed by atoms with Crippen molar-refractivity contribution in [2.75, 3.05) is 39.6 Å². The fourth-order valence-corrected chi connectivity index (χ4v) is 1.53. The molecule has 0 amide bonds. The van der Waals surface area contributed by atoms with Crippen LogP contribution < -0.4 is 0 Å². The van der Waals surface area contributed by atoms with E-state index in [-0.39, 0.29) is 0 Å². The van der Waals surface area contributed by atoms with Crippen LogP contribution in [0.4, 0.5) is 0 Å². The van der Waals surface area contributed by atoms with Gasteiger partial charge in [0.25, 0.3) is 0 Å². The molecule has 122 valence electrons. The van der Waals surface area contributed by atoms with Gasteiger partial charge in [-0.2, -0.15) is 0 Å². The maximum absolute atomic E-state index is 5.06. The fourth-order valence-electron chi connectivity index (χ4n) is 1.53. The van der Waals surface area contributed by atoms with Crippen molar-refractivity contribution in [2.24, 2.45) is 0 Å². The molecule has 3 heterocycles. The van der Waals surface area contributed by atoms with Crippen LogP contribution in [0.25, 0.3) is 0 Å². The van der Waals surface area contributed by atoms with E-state index < -0.39 is 25.6 Å². The topological polar surface area (TPSA) is 27.7 Å². The second-order valence-corrected chi connectivity index (χ2v) is 39.5. The summed E-state index contributed by atoms with van der Waals surface area (Å²) in [5.41, 5.74) is 0. The van der Waals surface area contributed by atoms with Crippen LogP contribution in [0.15, 0.2) is 0 Å². The monoisotopic (exact) mass is 588 g/mol. The molecule has 0 aromatic rings. The Morgan fingerprint density at radius 2 is 0.600 bits per heavy atom. The van der Waals surface area contributed by atoms with E-state index in [1.54, 1.807) is 0 Å². The summed E-state index contributed by atoms with van der Waals surface area (Å²) in [6.45, 7) is 6.00. The van der Waals surface area contributed by atoms with Crippen molar-refractivity contribution >= 4 is 23.9 Å². The molecule has 3 nitrogen and oxygen atoms in total. The van der Waals surface area contributed by atoms with Crippen LogP contribution in [0, 0.1) is 25.6 Å². The molecule has 0 saturated carbocycles. The van der Waals surface area contributed by atoms with E-state index in [9.17, 15) is 0 Å². The van der Waals surface area contributed by atoms with Gasteiger partial charge in [0.2, 0.25) is 0 Å². The normalized spacial score (nSPS) is 21.0. The summed E-state index contributed by atoms with van der Waals surface area (Å²) < 4.78 is 14.8. The van der Waals surface area contributed by atoms with Gasteiger partial charge in [-0.05, 0) is 38.5 Å². The first-order chi connectivity index (χ1) is 9.50. The Balaban J connectivity index is 0.000000241. The van der Waals surface area contributed by atoms with E-state index in [4.69, 9.17) is 38.1 Å². The first kappa shape index (κ1) is 22.4. The first-order valence-corrected chi connectivity index (χ1v) is 27.1. The van der Waals surface area contributed by atoms with Gasteiger partial charge in [-0.3, -0.25) is 0 Å². The van der Waals surface area contributed by atoms with Gasteiger partial charge in [0.1, 0.15) is 0 Å². The maximum atomic E-state index is 5.06. The molecule has 0 aliphatic carbocycles. The van der Waals surface area contributed by atoms with Crippen molar-refractivity contribution in [2.45, 2.75) is 38.5 Å². The van der Waals surface area contributed by atoms with Crippen LogP contribution in [-0.2, 0) is 14.2 Å². The predicted molar refractivity (Wildman–Crippen MR) is 83.6 cm³/mol. The molecule has 0 aromatic heterocycles. The van der Waals surface area contributed by atoms with Gasteiger partial charge in [0, 0.05) is 39.6 Å². The second kappa shape index (κ2) is 16.2. The average Bonchev–Trinajstić information content (AvgIpc) is 3.17. The minimum absolute atomic E-state index is 1.00. The van der Waals surface area contributed by atoms with Crippen molar-refractivity contribution in [1.29, 1.82) is 0 Å². The van der Waals surface area contributed by atoms with Gasteiger partial charge in [-0.15, -0.1) is 0 Å². The van der Waals surface area contributed by atoms with E-state index in [0.29, 0.717) is 0 Å². The van der Waals surface area contributed by atoms with E-state index in [2.05, 4.69) is 0 Å². The van der Waals surface area contributed by atoms with Crippen LogP contribution in [-0.4, -0.2) is 39.6 Å². The Morgan fingerprint density at radius 1 is 0.450 bits per heavy atom. The minimum atomic E-state index is -3.45. The molecule has 20 heavy (non-hydrogen) atoms. The molecule has 3 rings (SSSR count). The van der Waals surface area contributed by atoms with Gasteiger partial charge >= 0.3 is 49.5 Å². The SMILES string of the molecule is C1CCOC1.C1CCOC1.C1CCOC1.[Cl][Th]([Cl])([Cl])[Cl]. The Morgan fingerprint density at radius 3 is 0.650 bits per heavy atom. The standard InChI is InChI=1S/3C4H8O.4ClH.Th/c3*1-2-4-5-3-1;;;;;/h3*1-4H2;4*1H;/q;;;;;;;+4/p-4. The molecule has 0 radical (unpaired) electrons. The summed E-state index contributed by atoms with van der Waals surface area (Å²) in [5.74, 6) is 20.2. The average molecular weight is 590 g/mol. The third-order valence-electron chi connectivity index (χ3n) is 2.48. The zero-order valence-electron chi connectivity index (χ0n) is 11.7. The van der Waals surface area contributed by atoms with Gasteiger partial charge in [0.05, 0.1) is 0 Å². The molecule has 0 bridgehead atoms. The van der Waals surface area contributed by atoms with Crippen molar-refractivity contribution < 1.29 is 39.8 Å². The van der Waals surface area contributed by atoms with Gasteiger partial charge in [-0.25, -0.2) is 0 Å². The molecule has 0 N–H and O–H groups in total. The molecular weight excluding hydrogens is 566 g/mol. The molecule has 3 aliphatic rings. The molecule has 8 heteroatoms. The zero-order chi connectivity index (χ0) is 15.1. The Hall–Kier alpha value is 2.36. The van der Waals surface area contributed by atoms with Crippen molar-refractivity contribution in [3.8, 4) is 0 Å². The number of hydrogen-bond donors (Lipinski definition) is 0. The van der Waals surface area contributed by atoms with Crippen LogP contribution in [0.3, 0.4) is 0 Å². The third kappa shape index (κ3) is 25.3. The van der Waals surface area contributed by atoms with E-state index in [1.165, 1.54) is 38.5 Å². The predicted octanol–water partition coefficient (Wildman–Crippen LogP) is 5.15. The van der Waals surface area contributed by atoms with Crippen molar-refractivity contribution in [1.82, 2.24) is 0 Å². The second-order valence-electron chi connectivity index (χ2n) is 4.39. The molecule has 0 unspecified atom stereocenters. The number of hydrogen-bond acceptors (Lipinski definition) is 3. The molecular formula is C12H24Cl4O3Th.